The molecule has 3 aliphatic carbocycles. The van der Waals surface area contributed by atoms with Crippen molar-refractivity contribution in [2.24, 2.45) is 0 Å². The molecule has 27 rings (SSSR count). The molecule has 0 spiro atoms. The summed E-state index contributed by atoms with van der Waals surface area (Å²) in [6.07, 6.45) is 0. The number of pyridine rings is 1. The third-order valence-electron chi connectivity index (χ3n) is 29.4. The predicted molar refractivity (Wildman–Crippen MR) is 577 cm³/mol. The van der Waals surface area contributed by atoms with Crippen LogP contribution in [0.2, 0.25) is 0 Å². The summed E-state index contributed by atoms with van der Waals surface area (Å²) in [5, 5.41) is 7.51. The first kappa shape index (κ1) is 82.7. The zero-order valence-electron chi connectivity index (χ0n) is 77.7. The fraction of sp³-hybridized carbons (Fsp3) is 0.0682. The first-order valence-electron chi connectivity index (χ1n) is 47.9. The molecule has 0 fully saturated rings. The molecule has 0 aliphatic heterocycles. The summed E-state index contributed by atoms with van der Waals surface area (Å²) in [5.41, 5.74) is 46.0. The second-order valence-corrected chi connectivity index (χ2v) is 38.5. The van der Waals surface area contributed by atoms with Crippen LogP contribution in [-0.2, 0) is 16.2 Å². The van der Waals surface area contributed by atoms with Crippen LogP contribution >= 0.6 is 0 Å². The van der Waals surface area contributed by atoms with E-state index in [4.69, 9.17) is 15.0 Å². The van der Waals surface area contributed by atoms with Gasteiger partial charge in [0.15, 0.2) is 5.82 Å². The molecule has 138 heavy (non-hydrogen) atoms. The summed E-state index contributed by atoms with van der Waals surface area (Å²) >= 11 is 0. The minimum atomic E-state index is -0.00558. The van der Waals surface area contributed by atoms with E-state index in [2.05, 4.69) is 504 Å². The van der Waals surface area contributed by atoms with E-state index in [1.54, 1.807) is 0 Å². The average Bonchev–Trinajstić information content (AvgIpc) is 1.58. The lowest BCUT2D eigenvalue weighted by molar-refractivity contribution is 0.660. The van der Waals surface area contributed by atoms with Gasteiger partial charge in [-0.25, -0.2) is 15.0 Å². The van der Waals surface area contributed by atoms with E-state index in [1.165, 1.54) is 182 Å². The van der Waals surface area contributed by atoms with E-state index in [0.29, 0.717) is 5.82 Å². The molecule has 19 aromatic carbocycles. The lowest BCUT2D eigenvalue weighted by Crippen LogP contribution is -2.14. The van der Waals surface area contributed by atoms with Crippen molar-refractivity contribution in [3.63, 3.8) is 0 Å². The molecule has 3 aliphatic rings. The zero-order valence-corrected chi connectivity index (χ0v) is 77.7. The van der Waals surface area contributed by atoms with E-state index < -0.39 is 0 Å². The van der Waals surface area contributed by atoms with Gasteiger partial charge >= 0.3 is 0 Å². The SMILES string of the molecule is CC1(C)c2ccccc2-c2cc(-c3ccc4c(c3)c3ccccc3n4-c3cc(-c4ccccc4)nc(-c4ccccc4)c3)ccc21.CC1(C)c2ccccc2-c2cc(-c3ccc4c(c3)c3ccccc3n4-c3ccc(-c4ccccc4)cc3)ccc21.CC1(C)c2ccccc2-c2cc(-c3ccc4c(c3)c3ccccc3n4-c3cccc(-c4cc(-c5ccccc5)nc(-c5ccccc5)n4)c3)ccc21. The van der Waals surface area contributed by atoms with Gasteiger partial charge in [0.2, 0.25) is 0 Å². The molecular formula is C132H96N6. The van der Waals surface area contributed by atoms with Crippen molar-refractivity contribution in [1.29, 1.82) is 0 Å². The maximum absolute atomic E-state index is 5.14. The lowest BCUT2D eigenvalue weighted by atomic mass is 9.82. The second kappa shape index (κ2) is 33.2. The fourth-order valence-corrected chi connectivity index (χ4v) is 22.5. The van der Waals surface area contributed by atoms with Crippen molar-refractivity contribution in [1.82, 2.24) is 28.7 Å². The third-order valence-corrected chi connectivity index (χ3v) is 29.4. The fourth-order valence-electron chi connectivity index (χ4n) is 22.5. The van der Waals surface area contributed by atoms with Gasteiger partial charge in [-0.05, 0) is 227 Å². The van der Waals surface area contributed by atoms with Gasteiger partial charge in [-0.1, -0.05) is 399 Å². The Morgan fingerprint density at radius 2 is 0.428 bits per heavy atom. The van der Waals surface area contributed by atoms with Gasteiger partial charge in [0.1, 0.15) is 0 Å². The molecule has 0 amide bonds. The molecule has 6 heteroatoms. The number of rotatable bonds is 12. The minimum absolute atomic E-state index is 0.00355. The molecule has 5 heterocycles. The van der Waals surface area contributed by atoms with Crippen molar-refractivity contribution in [2.45, 2.75) is 57.8 Å². The predicted octanol–water partition coefficient (Wildman–Crippen LogP) is 34.5. The largest absolute Gasteiger partial charge is 0.309 e. The van der Waals surface area contributed by atoms with E-state index >= 15 is 0 Å². The van der Waals surface area contributed by atoms with Crippen LogP contribution in [0.5, 0.6) is 0 Å². The third kappa shape index (κ3) is 14.0. The molecule has 24 aromatic rings. The summed E-state index contributed by atoms with van der Waals surface area (Å²) in [7, 11) is 0. The quantitative estimate of drug-likeness (QED) is 0.122. The van der Waals surface area contributed by atoms with Gasteiger partial charge in [-0.3, -0.25) is 0 Å². The molecule has 0 bridgehead atoms. The van der Waals surface area contributed by atoms with E-state index in [0.717, 1.165) is 62.0 Å². The standard InChI is InChI=1S/C49H35N3.C44H32N2.C39H29N/c1-49(2)42-22-11-9-20-38(42)40-29-34(24-26-43(40)49)35-25-27-47-41(30-35)39-21-10-12-23-46(39)52(47)37-19-13-18-36(28-37)45-31-44(32-14-5-3-6-15-32)50-48(51-45)33-16-7-4-8-17-33;1-44(2)38-19-11-9-17-34(38)36-25-31(21-23-39(36)44)32-22-24-43-37(26-32)35-18-10-12-20-42(35)46(43)33-27-40(29-13-5-3-6-14-29)45-41(28-33)30-15-7-4-8-16-30;1-39(2)35-14-8-6-12-31(35)33-24-28(18-22-36(33)39)29-19-23-38-34(25-29)32-13-7-9-15-37(32)40(38)30-20-16-27(17-21-30)26-10-4-3-5-11-26/h3-31H,1-2H3;3-28H,1-2H3;3-25H,1-2H3. The van der Waals surface area contributed by atoms with E-state index in [9.17, 15) is 0 Å². The van der Waals surface area contributed by atoms with Crippen molar-refractivity contribution in [3.8, 4) is 151 Å². The Hall–Kier alpha value is -17.2. The summed E-state index contributed by atoms with van der Waals surface area (Å²) in [5.74, 6) is 0.713. The van der Waals surface area contributed by atoms with Crippen LogP contribution in [0.25, 0.3) is 217 Å². The van der Waals surface area contributed by atoms with Crippen molar-refractivity contribution in [2.75, 3.05) is 0 Å². The summed E-state index contributed by atoms with van der Waals surface area (Å²) < 4.78 is 7.18. The highest BCUT2D eigenvalue weighted by Gasteiger charge is 2.39. The Kier molecular flexibility index (Phi) is 19.9. The van der Waals surface area contributed by atoms with Crippen molar-refractivity contribution >= 4 is 65.4 Å². The number of hydrogen-bond acceptors (Lipinski definition) is 3. The number of nitrogens with zero attached hydrogens (tertiary/aromatic N) is 6. The Morgan fingerprint density at radius 3 is 0.826 bits per heavy atom. The molecule has 0 unspecified atom stereocenters. The Labute approximate surface area is 804 Å². The topological polar surface area (TPSA) is 53.5 Å². The average molecular weight is 1770 g/mol. The molecule has 0 saturated carbocycles. The number of aromatic nitrogens is 6. The van der Waals surface area contributed by atoms with Gasteiger partial charge in [0, 0.05) is 87.8 Å². The maximum atomic E-state index is 5.14. The van der Waals surface area contributed by atoms with Crippen LogP contribution in [0.3, 0.4) is 0 Å². The van der Waals surface area contributed by atoms with E-state index in [1.807, 2.05) is 24.3 Å². The smallest absolute Gasteiger partial charge is 0.160 e. The molecule has 0 radical (unpaired) electrons. The highest BCUT2D eigenvalue weighted by atomic mass is 15.0. The van der Waals surface area contributed by atoms with Crippen LogP contribution in [0.4, 0.5) is 0 Å². The second-order valence-electron chi connectivity index (χ2n) is 38.5. The molecule has 0 saturated heterocycles. The Bertz CT molecular complexity index is 8830. The van der Waals surface area contributed by atoms with Gasteiger partial charge in [-0.15, -0.1) is 0 Å². The number of fused-ring (bicyclic) bond motifs is 18. The minimum Gasteiger partial charge on any atom is -0.309 e. The monoisotopic (exact) mass is 1760 g/mol. The highest BCUT2D eigenvalue weighted by Crippen LogP contribution is 2.54. The van der Waals surface area contributed by atoms with Crippen molar-refractivity contribution < 1.29 is 0 Å². The Balaban J connectivity index is 0.000000111. The zero-order chi connectivity index (χ0) is 92.5. The van der Waals surface area contributed by atoms with Gasteiger partial charge in [0.05, 0.1) is 61.6 Å². The maximum Gasteiger partial charge on any atom is 0.160 e. The van der Waals surface area contributed by atoms with Crippen LogP contribution < -0.4 is 0 Å². The molecular weight excluding hydrogens is 1670 g/mol. The van der Waals surface area contributed by atoms with Crippen LogP contribution in [0.1, 0.15) is 74.9 Å². The summed E-state index contributed by atoms with van der Waals surface area (Å²) in [4.78, 5) is 15.3. The van der Waals surface area contributed by atoms with Crippen molar-refractivity contribution in [3.05, 3.63) is 507 Å². The number of hydrogen-bond donors (Lipinski definition) is 0. The van der Waals surface area contributed by atoms with E-state index in [-0.39, 0.29) is 16.2 Å². The first-order chi connectivity index (χ1) is 67.7. The summed E-state index contributed by atoms with van der Waals surface area (Å²) in [6.45, 7) is 14.0. The molecule has 654 valence electrons. The number of para-hydroxylation sites is 3. The van der Waals surface area contributed by atoms with Crippen LogP contribution in [0, 0.1) is 0 Å². The lowest BCUT2D eigenvalue weighted by Gasteiger charge is -2.21. The summed E-state index contributed by atoms with van der Waals surface area (Å²) in [6, 6.07) is 171. The molecule has 5 aromatic heterocycles. The van der Waals surface area contributed by atoms with Crippen LogP contribution in [0.15, 0.2) is 473 Å². The highest BCUT2D eigenvalue weighted by molar-refractivity contribution is 6.14. The molecule has 0 atom stereocenters. The Morgan fingerprint density at radius 1 is 0.152 bits per heavy atom. The number of benzene rings is 19. The first-order valence-corrected chi connectivity index (χ1v) is 47.9. The molecule has 6 nitrogen and oxygen atoms in total. The normalized spacial score (nSPS) is 13.2. The van der Waals surface area contributed by atoms with Gasteiger partial charge in [-0.2, -0.15) is 0 Å². The van der Waals surface area contributed by atoms with Gasteiger partial charge < -0.3 is 13.7 Å². The van der Waals surface area contributed by atoms with Crippen LogP contribution in [-0.4, -0.2) is 28.7 Å². The van der Waals surface area contributed by atoms with Gasteiger partial charge in [0.25, 0.3) is 0 Å². The molecule has 0 N–H and O–H groups in total.